The quantitative estimate of drug-likeness (QED) is 0.679. The molecule has 1 fully saturated rings. The number of carbonyl (C=O) groups excluding carboxylic acids is 1. The summed E-state index contributed by atoms with van der Waals surface area (Å²) in [6, 6.07) is 0.0841. The van der Waals surface area contributed by atoms with Crippen molar-refractivity contribution in [3.63, 3.8) is 0 Å². The average Bonchev–Trinajstić information content (AvgIpc) is 3.06. The van der Waals surface area contributed by atoms with Gasteiger partial charge in [0.1, 0.15) is 5.25 Å². The first-order valence-electron chi connectivity index (χ1n) is 7.19. The molecule has 20 heavy (non-hydrogen) atoms. The second kappa shape index (κ2) is 7.20. The molecule has 0 aromatic heterocycles. The number of hydrogen-bond donors (Lipinski definition) is 2. The molecule has 116 valence electrons. The molecule has 1 amide bonds. The van der Waals surface area contributed by atoms with E-state index in [9.17, 15) is 13.8 Å². The van der Waals surface area contributed by atoms with Gasteiger partial charge in [0, 0.05) is 22.6 Å². The molecule has 3 unspecified atom stereocenters. The number of nitrogens with one attached hydrogen (secondary N) is 1. The van der Waals surface area contributed by atoms with Gasteiger partial charge in [0.25, 0.3) is 0 Å². The van der Waals surface area contributed by atoms with Crippen LogP contribution in [0.25, 0.3) is 0 Å². The molecule has 5 nitrogen and oxygen atoms in total. The van der Waals surface area contributed by atoms with Gasteiger partial charge >= 0.3 is 5.97 Å². The molecular weight excluding hydrogens is 278 g/mol. The smallest absolute Gasteiger partial charge is 0.303 e. The Kier molecular flexibility index (Phi) is 6.17. The lowest BCUT2D eigenvalue weighted by atomic mass is 10.1. The molecule has 1 saturated carbocycles. The molecule has 6 heteroatoms. The highest BCUT2D eigenvalue weighted by Gasteiger charge is 2.46. The minimum absolute atomic E-state index is 0.0549. The van der Waals surface area contributed by atoms with Crippen molar-refractivity contribution in [3.8, 4) is 0 Å². The van der Waals surface area contributed by atoms with E-state index in [2.05, 4.69) is 5.32 Å². The molecule has 0 aromatic rings. The van der Waals surface area contributed by atoms with Crippen molar-refractivity contribution < 1.29 is 18.9 Å². The third-order valence-electron chi connectivity index (χ3n) is 3.81. The van der Waals surface area contributed by atoms with Gasteiger partial charge in [-0.25, -0.2) is 0 Å². The topological polar surface area (TPSA) is 83.5 Å². The number of rotatable bonds is 9. The number of carbonyl (C=O) groups is 2. The highest BCUT2D eigenvalue weighted by Crippen LogP contribution is 2.49. The number of carboxylic acid groups (broad SMARTS) is 1. The number of hydrogen-bond acceptors (Lipinski definition) is 3. The summed E-state index contributed by atoms with van der Waals surface area (Å²) in [7, 11) is -1.31. The van der Waals surface area contributed by atoms with Crippen LogP contribution in [0.15, 0.2) is 0 Å². The molecule has 0 saturated heterocycles. The Morgan fingerprint density at radius 2 is 1.95 bits per heavy atom. The molecule has 0 spiro atoms. The molecule has 0 aliphatic heterocycles. The molecule has 3 atom stereocenters. The van der Waals surface area contributed by atoms with E-state index in [1.54, 1.807) is 6.92 Å². The summed E-state index contributed by atoms with van der Waals surface area (Å²) in [6.45, 7) is 5.64. The lowest BCUT2D eigenvalue weighted by molar-refractivity contribution is -0.138. The maximum Gasteiger partial charge on any atom is 0.303 e. The van der Waals surface area contributed by atoms with E-state index in [1.807, 2.05) is 13.8 Å². The second-order valence-electron chi connectivity index (χ2n) is 5.94. The van der Waals surface area contributed by atoms with Gasteiger partial charge in [-0.05, 0) is 38.5 Å². The van der Waals surface area contributed by atoms with Crippen molar-refractivity contribution in [2.24, 2.45) is 5.41 Å². The second-order valence-corrected chi connectivity index (χ2v) is 7.69. The molecular formula is C14H25NO4S. The van der Waals surface area contributed by atoms with Crippen molar-refractivity contribution in [2.45, 2.75) is 64.2 Å². The fraction of sp³-hybridized carbons (Fsp3) is 0.857. The minimum atomic E-state index is -1.31. The lowest BCUT2D eigenvalue weighted by Gasteiger charge is -2.19. The van der Waals surface area contributed by atoms with Gasteiger partial charge in [-0.3, -0.25) is 13.8 Å². The Morgan fingerprint density at radius 1 is 1.35 bits per heavy atom. The van der Waals surface area contributed by atoms with E-state index in [-0.39, 0.29) is 23.8 Å². The SMILES string of the molecule is CCCC(C)NC(=O)C(C)S(=O)CC1(CC(=O)O)CC1. The van der Waals surface area contributed by atoms with Crippen molar-refractivity contribution in [2.75, 3.05) is 5.75 Å². The standard InChI is InChI=1S/C14H25NO4S/c1-4-5-10(2)15-13(18)11(3)20(19)9-14(6-7-14)8-12(16)17/h10-11H,4-9H2,1-3H3,(H,15,18)(H,16,17). The summed E-state index contributed by atoms with van der Waals surface area (Å²) < 4.78 is 12.2. The average molecular weight is 303 g/mol. The Bertz CT molecular complexity index is 393. The van der Waals surface area contributed by atoms with Crippen LogP contribution in [0.3, 0.4) is 0 Å². The number of aliphatic carboxylic acids is 1. The van der Waals surface area contributed by atoms with Crippen LogP contribution in [0.5, 0.6) is 0 Å². The zero-order valence-corrected chi connectivity index (χ0v) is 13.3. The summed E-state index contributed by atoms with van der Waals surface area (Å²) in [5.74, 6) is -0.737. The Hall–Kier alpha value is -0.910. The fourth-order valence-electron chi connectivity index (χ4n) is 2.28. The Balaban J connectivity index is 2.46. The summed E-state index contributed by atoms with van der Waals surface area (Å²) >= 11 is 0. The molecule has 0 bridgehead atoms. The van der Waals surface area contributed by atoms with Gasteiger partial charge in [-0.1, -0.05) is 13.3 Å². The van der Waals surface area contributed by atoms with Gasteiger partial charge < -0.3 is 10.4 Å². The maximum atomic E-state index is 12.2. The maximum absolute atomic E-state index is 12.2. The molecule has 2 N–H and O–H groups in total. The van der Waals surface area contributed by atoms with Crippen LogP contribution in [0.2, 0.25) is 0 Å². The molecule has 1 aliphatic rings. The van der Waals surface area contributed by atoms with E-state index in [4.69, 9.17) is 5.11 Å². The lowest BCUT2D eigenvalue weighted by Crippen LogP contribution is -2.41. The van der Waals surface area contributed by atoms with Gasteiger partial charge in [-0.2, -0.15) is 0 Å². The molecule has 0 aromatic carbocycles. The van der Waals surface area contributed by atoms with Crippen LogP contribution in [-0.4, -0.2) is 38.2 Å². The zero-order valence-electron chi connectivity index (χ0n) is 12.5. The van der Waals surface area contributed by atoms with Crippen LogP contribution in [0.4, 0.5) is 0 Å². The largest absolute Gasteiger partial charge is 0.481 e. The normalized spacial score (nSPS) is 20.8. The summed E-state index contributed by atoms with van der Waals surface area (Å²) in [5, 5.41) is 11.1. The van der Waals surface area contributed by atoms with E-state index < -0.39 is 22.0 Å². The molecule has 0 radical (unpaired) electrons. The molecule has 0 heterocycles. The first-order valence-corrected chi connectivity index (χ1v) is 8.57. The first-order chi connectivity index (χ1) is 9.29. The summed E-state index contributed by atoms with van der Waals surface area (Å²) in [4.78, 5) is 22.8. The van der Waals surface area contributed by atoms with Crippen molar-refractivity contribution in [1.82, 2.24) is 5.32 Å². The highest BCUT2D eigenvalue weighted by molar-refractivity contribution is 7.86. The third kappa shape index (κ3) is 5.23. The van der Waals surface area contributed by atoms with E-state index in [0.717, 1.165) is 25.7 Å². The van der Waals surface area contributed by atoms with Crippen molar-refractivity contribution in [3.05, 3.63) is 0 Å². The van der Waals surface area contributed by atoms with Gasteiger partial charge in [0.2, 0.25) is 5.91 Å². The monoisotopic (exact) mass is 303 g/mol. The third-order valence-corrected chi connectivity index (χ3v) is 5.71. The van der Waals surface area contributed by atoms with Crippen LogP contribution < -0.4 is 5.32 Å². The van der Waals surface area contributed by atoms with Crippen LogP contribution in [0.1, 0.15) is 52.9 Å². The van der Waals surface area contributed by atoms with Crippen LogP contribution in [-0.2, 0) is 20.4 Å². The molecule has 1 rings (SSSR count). The van der Waals surface area contributed by atoms with E-state index in [1.165, 1.54) is 0 Å². The predicted octanol–water partition coefficient (Wildman–Crippen LogP) is 1.68. The van der Waals surface area contributed by atoms with E-state index in [0.29, 0.717) is 5.75 Å². The summed E-state index contributed by atoms with van der Waals surface area (Å²) in [5.41, 5.74) is -0.333. The first kappa shape index (κ1) is 17.1. The Labute approximate surface area is 123 Å². The highest BCUT2D eigenvalue weighted by atomic mass is 32.2. The van der Waals surface area contributed by atoms with Gasteiger partial charge in [0.15, 0.2) is 0 Å². The summed E-state index contributed by atoms with van der Waals surface area (Å²) in [6.07, 6.45) is 3.53. The van der Waals surface area contributed by atoms with Crippen molar-refractivity contribution >= 4 is 22.7 Å². The van der Waals surface area contributed by atoms with Gasteiger partial charge in [0.05, 0.1) is 6.42 Å². The van der Waals surface area contributed by atoms with E-state index >= 15 is 0 Å². The minimum Gasteiger partial charge on any atom is -0.481 e. The molecule has 1 aliphatic carbocycles. The van der Waals surface area contributed by atoms with Crippen LogP contribution >= 0.6 is 0 Å². The fourth-order valence-corrected chi connectivity index (χ4v) is 3.83. The Morgan fingerprint density at radius 3 is 2.40 bits per heavy atom. The van der Waals surface area contributed by atoms with Gasteiger partial charge in [-0.15, -0.1) is 0 Å². The zero-order chi connectivity index (χ0) is 15.3. The predicted molar refractivity (Wildman–Crippen MR) is 78.9 cm³/mol. The van der Waals surface area contributed by atoms with Crippen LogP contribution in [0, 0.1) is 5.41 Å². The number of carboxylic acids is 1. The van der Waals surface area contributed by atoms with Crippen molar-refractivity contribution in [1.29, 1.82) is 0 Å². The number of amides is 1.